The first-order valence-corrected chi connectivity index (χ1v) is 4.09. The van der Waals surface area contributed by atoms with Crippen LogP contribution in [0.15, 0.2) is 18.2 Å². The fourth-order valence-electron chi connectivity index (χ4n) is 1.01. The highest BCUT2D eigenvalue weighted by Crippen LogP contribution is 2.16. The van der Waals surface area contributed by atoms with E-state index in [2.05, 4.69) is 0 Å². The van der Waals surface area contributed by atoms with E-state index in [0.717, 1.165) is 5.56 Å². The summed E-state index contributed by atoms with van der Waals surface area (Å²) in [5, 5.41) is 9.13. The maximum atomic E-state index is 12.8. The maximum absolute atomic E-state index is 12.8. The topological polar surface area (TPSA) is 20.2 Å². The third kappa shape index (κ3) is 2.47. The average Bonchev–Trinajstić information content (AvgIpc) is 1.96. The fourth-order valence-corrected chi connectivity index (χ4v) is 1.13. The number of aliphatic hydroxyl groups is 1. The number of hydrogen-bond donors (Lipinski definition) is 1. The first kappa shape index (κ1) is 9.49. The highest BCUT2D eigenvalue weighted by molar-refractivity contribution is 6.30. The highest BCUT2D eigenvalue weighted by Gasteiger charge is 2.03. The van der Waals surface area contributed by atoms with Crippen molar-refractivity contribution in [2.24, 2.45) is 0 Å². The largest absolute Gasteiger partial charge is 0.393 e. The van der Waals surface area contributed by atoms with Gasteiger partial charge in [0.25, 0.3) is 0 Å². The molecule has 0 radical (unpaired) electrons. The molecule has 1 aromatic rings. The minimum absolute atomic E-state index is 0.115. The van der Waals surface area contributed by atoms with Gasteiger partial charge in [-0.15, -0.1) is 0 Å². The van der Waals surface area contributed by atoms with Crippen molar-refractivity contribution in [2.75, 3.05) is 0 Å². The highest BCUT2D eigenvalue weighted by atomic mass is 35.5. The molecule has 0 fully saturated rings. The first-order valence-electron chi connectivity index (χ1n) is 3.71. The third-order valence-corrected chi connectivity index (χ3v) is 1.82. The summed E-state index contributed by atoms with van der Waals surface area (Å²) in [7, 11) is 0. The summed E-state index contributed by atoms with van der Waals surface area (Å²) >= 11 is 5.48. The van der Waals surface area contributed by atoms with Gasteiger partial charge in [-0.05, 0) is 31.0 Å². The van der Waals surface area contributed by atoms with E-state index in [1.165, 1.54) is 12.1 Å². The van der Waals surface area contributed by atoms with E-state index in [-0.39, 0.29) is 5.02 Å². The Balaban J connectivity index is 2.82. The molecule has 66 valence electrons. The van der Waals surface area contributed by atoms with Gasteiger partial charge >= 0.3 is 0 Å². The number of rotatable bonds is 2. The average molecular weight is 189 g/mol. The van der Waals surface area contributed by atoms with Crippen LogP contribution in [-0.2, 0) is 6.42 Å². The lowest BCUT2D eigenvalue weighted by molar-refractivity contribution is 0.195. The van der Waals surface area contributed by atoms with Crippen molar-refractivity contribution in [3.63, 3.8) is 0 Å². The molecule has 0 saturated carbocycles. The second kappa shape index (κ2) is 3.87. The number of benzene rings is 1. The van der Waals surface area contributed by atoms with Crippen LogP contribution in [0.1, 0.15) is 12.5 Å². The quantitative estimate of drug-likeness (QED) is 0.756. The van der Waals surface area contributed by atoms with Gasteiger partial charge in [-0.2, -0.15) is 0 Å². The molecule has 1 N–H and O–H groups in total. The summed E-state index contributed by atoms with van der Waals surface area (Å²) in [5.41, 5.74) is 0.756. The summed E-state index contributed by atoms with van der Waals surface area (Å²) < 4.78 is 12.8. The predicted molar refractivity (Wildman–Crippen MR) is 46.8 cm³/mol. The van der Waals surface area contributed by atoms with Crippen molar-refractivity contribution >= 4 is 11.6 Å². The van der Waals surface area contributed by atoms with Crippen molar-refractivity contribution in [3.8, 4) is 0 Å². The van der Waals surface area contributed by atoms with Crippen molar-refractivity contribution < 1.29 is 9.50 Å². The van der Waals surface area contributed by atoms with Gasteiger partial charge in [0.05, 0.1) is 11.1 Å². The lowest BCUT2D eigenvalue weighted by atomic mass is 10.1. The first-order chi connectivity index (χ1) is 5.59. The second-order valence-corrected chi connectivity index (χ2v) is 3.21. The van der Waals surface area contributed by atoms with Crippen molar-refractivity contribution in [3.05, 3.63) is 34.6 Å². The van der Waals surface area contributed by atoms with E-state index in [0.29, 0.717) is 6.42 Å². The second-order valence-electron chi connectivity index (χ2n) is 2.80. The number of aliphatic hydroxyl groups excluding tert-OH is 1. The lowest BCUT2D eigenvalue weighted by Crippen LogP contribution is -2.04. The van der Waals surface area contributed by atoms with Crippen LogP contribution in [0.4, 0.5) is 4.39 Å². The molecule has 0 bridgehead atoms. The zero-order chi connectivity index (χ0) is 9.14. The minimum atomic E-state index is -0.453. The smallest absolute Gasteiger partial charge is 0.142 e. The van der Waals surface area contributed by atoms with Crippen molar-refractivity contribution in [1.29, 1.82) is 0 Å². The van der Waals surface area contributed by atoms with Crippen LogP contribution in [-0.4, -0.2) is 11.2 Å². The fraction of sp³-hybridized carbons (Fsp3) is 0.333. The van der Waals surface area contributed by atoms with Crippen molar-refractivity contribution in [1.82, 2.24) is 0 Å². The Hall–Kier alpha value is -0.600. The molecule has 0 amide bonds. The Morgan fingerprint density at radius 2 is 2.25 bits per heavy atom. The van der Waals surface area contributed by atoms with Crippen LogP contribution >= 0.6 is 11.6 Å². The summed E-state index contributed by atoms with van der Waals surface area (Å²) in [4.78, 5) is 0. The minimum Gasteiger partial charge on any atom is -0.393 e. The summed E-state index contributed by atoms with van der Waals surface area (Å²) in [6.45, 7) is 1.66. The Labute approximate surface area is 75.8 Å². The molecule has 1 aromatic carbocycles. The molecule has 1 atom stereocenters. The Bertz CT molecular complexity index is 273. The van der Waals surface area contributed by atoms with E-state index in [4.69, 9.17) is 16.7 Å². The Kier molecular flexibility index (Phi) is 3.06. The van der Waals surface area contributed by atoms with E-state index >= 15 is 0 Å². The molecule has 12 heavy (non-hydrogen) atoms. The van der Waals surface area contributed by atoms with Crippen molar-refractivity contribution in [2.45, 2.75) is 19.4 Å². The standard InChI is InChI=1S/C9H10ClFO/c1-6(12)4-7-2-3-8(10)9(11)5-7/h2-3,5-6,12H,4H2,1H3/t6-/m1/s1. The molecule has 0 aliphatic carbocycles. The summed E-state index contributed by atoms with van der Waals surface area (Å²) in [5.74, 6) is -0.435. The molecule has 0 saturated heterocycles. The predicted octanol–water partition coefficient (Wildman–Crippen LogP) is 2.40. The maximum Gasteiger partial charge on any atom is 0.142 e. The SMILES string of the molecule is C[C@@H](O)Cc1ccc(Cl)c(F)c1. The third-order valence-electron chi connectivity index (χ3n) is 1.52. The van der Waals surface area contributed by atoms with Gasteiger partial charge < -0.3 is 5.11 Å². The molecule has 0 heterocycles. The van der Waals surface area contributed by atoms with Gasteiger partial charge in [0.1, 0.15) is 5.82 Å². The van der Waals surface area contributed by atoms with Gasteiger partial charge in [0.15, 0.2) is 0 Å². The van der Waals surface area contributed by atoms with E-state index in [1.54, 1.807) is 13.0 Å². The summed E-state index contributed by atoms with van der Waals surface area (Å²) in [6, 6.07) is 4.54. The van der Waals surface area contributed by atoms with Crippen LogP contribution < -0.4 is 0 Å². The molecule has 1 rings (SSSR count). The molecule has 3 heteroatoms. The van der Waals surface area contributed by atoms with Crippen LogP contribution in [0.5, 0.6) is 0 Å². The van der Waals surface area contributed by atoms with Gasteiger partial charge in [-0.25, -0.2) is 4.39 Å². The van der Waals surface area contributed by atoms with Crippen LogP contribution in [0, 0.1) is 5.82 Å². The van der Waals surface area contributed by atoms with Crippen LogP contribution in [0.3, 0.4) is 0 Å². The zero-order valence-corrected chi connectivity index (χ0v) is 7.48. The molecular weight excluding hydrogens is 179 g/mol. The molecule has 1 nitrogen and oxygen atoms in total. The summed E-state index contributed by atoms with van der Waals surface area (Å²) in [6.07, 6.45) is -0.000702. The van der Waals surface area contributed by atoms with E-state index in [9.17, 15) is 4.39 Å². The lowest BCUT2D eigenvalue weighted by Gasteiger charge is -2.04. The van der Waals surface area contributed by atoms with E-state index in [1.807, 2.05) is 0 Å². The zero-order valence-electron chi connectivity index (χ0n) is 6.72. The van der Waals surface area contributed by atoms with Gasteiger partial charge in [0, 0.05) is 0 Å². The van der Waals surface area contributed by atoms with Gasteiger partial charge in [0.2, 0.25) is 0 Å². The van der Waals surface area contributed by atoms with Crippen LogP contribution in [0.25, 0.3) is 0 Å². The monoisotopic (exact) mass is 188 g/mol. The molecule has 0 aliphatic heterocycles. The molecule has 0 spiro atoms. The van der Waals surface area contributed by atoms with Gasteiger partial charge in [-0.3, -0.25) is 0 Å². The molecular formula is C9H10ClFO. The number of hydrogen-bond acceptors (Lipinski definition) is 1. The normalized spacial score (nSPS) is 13.0. The van der Waals surface area contributed by atoms with E-state index < -0.39 is 11.9 Å². The molecule has 0 unspecified atom stereocenters. The van der Waals surface area contributed by atoms with Gasteiger partial charge in [-0.1, -0.05) is 17.7 Å². The molecule has 0 aliphatic rings. The molecule has 0 aromatic heterocycles. The number of halogens is 2. The van der Waals surface area contributed by atoms with Crippen LogP contribution in [0.2, 0.25) is 5.02 Å². The Morgan fingerprint density at radius 3 is 2.75 bits per heavy atom. The Morgan fingerprint density at radius 1 is 1.58 bits per heavy atom.